The zero-order valence-corrected chi connectivity index (χ0v) is 8.53. The molecule has 0 aromatic heterocycles. The van der Waals surface area contributed by atoms with Crippen molar-refractivity contribution in [3.05, 3.63) is 25.3 Å². The van der Waals surface area contributed by atoms with E-state index in [1.165, 1.54) is 6.08 Å². The smallest absolute Gasteiger partial charge is 0.326 e. The third-order valence-corrected chi connectivity index (χ3v) is 1.61. The quantitative estimate of drug-likeness (QED) is 0.388. The Balaban J connectivity index is 3.93. The van der Waals surface area contributed by atoms with Crippen molar-refractivity contribution < 1.29 is 14.7 Å². The molecule has 3 N–H and O–H groups in total. The van der Waals surface area contributed by atoms with E-state index in [1.54, 1.807) is 6.08 Å². The van der Waals surface area contributed by atoms with Crippen LogP contribution in [0, 0.1) is 0 Å². The number of amides is 1. The Hall–Kier alpha value is -1.62. The van der Waals surface area contributed by atoms with Crippen LogP contribution in [0.3, 0.4) is 0 Å². The van der Waals surface area contributed by atoms with Crippen molar-refractivity contribution in [3.63, 3.8) is 0 Å². The number of hydrogen-bond acceptors (Lipinski definition) is 3. The van der Waals surface area contributed by atoms with Gasteiger partial charge in [0.15, 0.2) is 0 Å². The minimum absolute atomic E-state index is 0.0763. The van der Waals surface area contributed by atoms with Crippen molar-refractivity contribution in [2.24, 2.45) is 0 Å². The Morgan fingerprint density at radius 1 is 1.33 bits per heavy atom. The van der Waals surface area contributed by atoms with Crippen LogP contribution >= 0.6 is 0 Å². The van der Waals surface area contributed by atoms with Gasteiger partial charge in [0.25, 0.3) is 0 Å². The number of aliphatic carboxylic acids is 1. The number of rotatable bonds is 8. The highest BCUT2D eigenvalue weighted by molar-refractivity contribution is 5.84. The Labute approximate surface area is 88.9 Å². The second-order valence-electron chi connectivity index (χ2n) is 2.90. The lowest BCUT2D eigenvalue weighted by atomic mass is 10.2. The van der Waals surface area contributed by atoms with E-state index >= 15 is 0 Å². The second kappa shape index (κ2) is 7.75. The van der Waals surface area contributed by atoms with Gasteiger partial charge in [-0.3, -0.25) is 4.79 Å². The Kier molecular flexibility index (Phi) is 6.92. The first-order valence-electron chi connectivity index (χ1n) is 4.56. The van der Waals surface area contributed by atoms with E-state index in [9.17, 15) is 9.59 Å². The summed E-state index contributed by atoms with van der Waals surface area (Å²) in [7, 11) is 0. The van der Waals surface area contributed by atoms with Gasteiger partial charge in [0.05, 0.1) is 6.54 Å². The number of hydrogen-bond donors (Lipinski definition) is 3. The van der Waals surface area contributed by atoms with Gasteiger partial charge in [0.1, 0.15) is 6.04 Å². The summed E-state index contributed by atoms with van der Waals surface area (Å²) in [6.45, 7) is 7.48. The Morgan fingerprint density at radius 3 is 2.47 bits per heavy atom. The summed E-state index contributed by atoms with van der Waals surface area (Å²) in [6, 6.07) is -0.902. The molecule has 0 aliphatic carbocycles. The van der Waals surface area contributed by atoms with Crippen LogP contribution in [-0.4, -0.2) is 36.1 Å². The summed E-state index contributed by atoms with van der Waals surface area (Å²) in [6.07, 6.45) is 3.28. The third-order valence-electron chi connectivity index (χ3n) is 1.61. The van der Waals surface area contributed by atoms with Crippen LogP contribution in [0.15, 0.2) is 25.3 Å². The van der Waals surface area contributed by atoms with E-state index in [0.717, 1.165) is 0 Å². The van der Waals surface area contributed by atoms with E-state index < -0.39 is 12.0 Å². The first-order valence-corrected chi connectivity index (χ1v) is 4.56. The first kappa shape index (κ1) is 13.4. The molecule has 0 aromatic rings. The lowest BCUT2D eigenvalue weighted by molar-refractivity contribution is -0.141. The maximum atomic E-state index is 11.2. The van der Waals surface area contributed by atoms with E-state index in [-0.39, 0.29) is 18.9 Å². The van der Waals surface area contributed by atoms with Crippen LogP contribution in [0.1, 0.15) is 6.42 Å². The molecule has 0 radical (unpaired) electrons. The predicted molar refractivity (Wildman–Crippen MR) is 57.4 cm³/mol. The van der Waals surface area contributed by atoms with Crippen LogP contribution < -0.4 is 10.6 Å². The summed E-state index contributed by atoms with van der Waals surface area (Å²) < 4.78 is 0. The van der Waals surface area contributed by atoms with E-state index in [0.29, 0.717) is 6.54 Å². The average Bonchev–Trinajstić information content (AvgIpc) is 2.17. The van der Waals surface area contributed by atoms with Crippen molar-refractivity contribution in [1.82, 2.24) is 10.6 Å². The van der Waals surface area contributed by atoms with E-state index in [1.807, 2.05) is 0 Å². The largest absolute Gasteiger partial charge is 0.480 e. The molecule has 0 heterocycles. The zero-order valence-electron chi connectivity index (χ0n) is 8.53. The maximum Gasteiger partial charge on any atom is 0.326 e. The number of carboxylic acid groups (broad SMARTS) is 1. The number of nitrogens with one attached hydrogen (secondary N) is 2. The summed E-state index contributed by atoms with van der Waals surface area (Å²) in [5.74, 6) is -1.42. The molecule has 1 amide bonds. The fourth-order valence-electron chi connectivity index (χ4n) is 0.921. The first-order chi connectivity index (χ1) is 7.11. The van der Waals surface area contributed by atoms with Gasteiger partial charge >= 0.3 is 5.97 Å². The number of carboxylic acids is 1. The van der Waals surface area contributed by atoms with Gasteiger partial charge in [-0.05, 0) is 6.42 Å². The molecule has 0 saturated heterocycles. The van der Waals surface area contributed by atoms with Crippen LogP contribution in [0.4, 0.5) is 0 Å². The zero-order chi connectivity index (χ0) is 11.7. The van der Waals surface area contributed by atoms with Crippen LogP contribution in [0.5, 0.6) is 0 Å². The monoisotopic (exact) mass is 212 g/mol. The molecule has 0 rings (SSSR count). The normalized spacial score (nSPS) is 11.5. The highest BCUT2D eigenvalue weighted by Gasteiger charge is 2.17. The highest BCUT2D eigenvalue weighted by atomic mass is 16.4. The molecule has 0 aromatic carbocycles. The summed E-state index contributed by atoms with van der Waals surface area (Å²) >= 11 is 0. The van der Waals surface area contributed by atoms with Crippen LogP contribution in [0.2, 0.25) is 0 Å². The molecule has 0 spiro atoms. The van der Waals surface area contributed by atoms with Gasteiger partial charge in [0, 0.05) is 6.54 Å². The molecule has 5 nitrogen and oxygen atoms in total. The van der Waals surface area contributed by atoms with Crippen LogP contribution in [-0.2, 0) is 9.59 Å². The summed E-state index contributed by atoms with van der Waals surface area (Å²) in [4.78, 5) is 21.9. The van der Waals surface area contributed by atoms with Gasteiger partial charge < -0.3 is 15.7 Å². The lowest BCUT2D eigenvalue weighted by Gasteiger charge is -2.12. The highest BCUT2D eigenvalue weighted by Crippen LogP contribution is 1.92. The Morgan fingerprint density at radius 2 is 2.00 bits per heavy atom. The Bertz CT molecular complexity index is 251. The van der Waals surface area contributed by atoms with Crippen molar-refractivity contribution in [1.29, 1.82) is 0 Å². The molecule has 84 valence electrons. The van der Waals surface area contributed by atoms with Gasteiger partial charge in [-0.2, -0.15) is 0 Å². The lowest BCUT2D eigenvalue weighted by Crippen LogP contribution is -2.44. The SMILES string of the molecule is C=CCNCC(=O)NC(CC=C)C(=O)O. The topological polar surface area (TPSA) is 78.4 Å². The maximum absolute atomic E-state index is 11.2. The molecule has 0 fully saturated rings. The van der Waals surface area contributed by atoms with Crippen molar-refractivity contribution in [3.8, 4) is 0 Å². The molecule has 1 atom stereocenters. The number of carbonyl (C=O) groups excluding carboxylic acids is 1. The molecular formula is C10H16N2O3. The third kappa shape index (κ3) is 6.45. The molecule has 0 aliphatic heterocycles. The molecule has 0 bridgehead atoms. The van der Waals surface area contributed by atoms with Crippen LogP contribution in [0.25, 0.3) is 0 Å². The van der Waals surface area contributed by atoms with Gasteiger partial charge in [-0.15, -0.1) is 13.2 Å². The minimum atomic E-state index is -1.06. The molecule has 1 unspecified atom stereocenters. The molecule has 0 aliphatic rings. The van der Waals surface area contributed by atoms with E-state index in [2.05, 4.69) is 23.8 Å². The molecule has 5 heteroatoms. The van der Waals surface area contributed by atoms with Gasteiger partial charge in [0.2, 0.25) is 5.91 Å². The predicted octanol–water partition coefficient (Wildman–Crippen LogP) is -0.0925. The van der Waals surface area contributed by atoms with Gasteiger partial charge in [-0.1, -0.05) is 12.2 Å². The fourth-order valence-corrected chi connectivity index (χ4v) is 0.921. The molecule has 0 saturated carbocycles. The minimum Gasteiger partial charge on any atom is -0.480 e. The standard InChI is InChI=1S/C10H16N2O3/c1-3-5-8(10(14)15)12-9(13)7-11-6-4-2/h3-4,8,11H,1-2,5-7H2,(H,12,13)(H,14,15). The van der Waals surface area contributed by atoms with E-state index in [4.69, 9.17) is 5.11 Å². The number of carbonyl (C=O) groups is 2. The van der Waals surface area contributed by atoms with Gasteiger partial charge in [-0.25, -0.2) is 4.79 Å². The average molecular weight is 212 g/mol. The summed E-state index contributed by atoms with van der Waals surface area (Å²) in [5.41, 5.74) is 0. The molecular weight excluding hydrogens is 196 g/mol. The summed E-state index contributed by atoms with van der Waals surface area (Å²) in [5, 5.41) is 13.9. The second-order valence-corrected chi connectivity index (χ2v) is 2.90. The van der Waals surface area contributed by atoms with Crippen molar-refractivity contribution in [2.45, 2.75) is 12.5 Å². The fraction of sp³-hybridized carbons (Fsp3) is 0.400. The molecule has 15 heavy (non-hydrogen) atoms. The van der Waals surface area contributed by atoms with Crippen molar-refractivity contribution in [2.75, 3.05) is 13.1 Å². The van der Waals surface area contributed by atoms with Crippen molar-refractivity contribution >= 4 is 11.9 Å².